The van der Waals surface area contributed by atoms with Crippen LogP contribution in [0.2, 0.25) is 0 Å². The predicted molar refractivity (Wildman–Crippen MR) is 145 cm³/mol. The maximum absolute atomic E-state index is 12.9. The molecule has 1 aliphatic heterocycles. The lowest BCUT2D eigenvalue weighted by molar-refractivity contribution is -0.193. The van der Waals surface area contributed by atoms with Gasteiger partial charge in [-0.25, -0.2) is 14.6 Å². The van der Waals surface area contributed by atoms with Gasteiger partial charge in [-0.1, -0.05) is 18.2 Å². The van der Waals surface area contributed by atoms with Crippen LogP contribution in [-0.2, 0) is 45.0 Å². The van der Waals surface area contributed by atoms with Crippen LogP contribution >= 0.6 is 0 Å². The highest BCUT2D eigenvalue weighted by atomic mass is 19.4. The quantitative estimate of drug-likeness (QED) is 0.315. The zero-order valence-electron chi connectivity index (χ0n) is 24.0. The van der Waals surface area contributed by atoms with E-state index < -0.39 is 24.3 Å². The molecule has 3 N–H and O–H groups in total. The average Bonchev–Trinajstić information content (AvgIpc) is 3.27. The number of H-pyrrole nitrogens is 1. The second-order valence-electron chi connectivity index (χ2n) is 9.36. The van der Waals surface area contributed by atoms with Crippen LogP contribution in [-0.4, -0.2) is 87.8 Å². The Morgan fingerprint density at radius 2 is 1.56 bits per heavy atom. The summed E-state index contributed by atoms with van der Waals surface area (Å²) in [4.78, 5) is 36.7. The van der Waals surface area contributed by atoms with Crippen molar-refractivity contribution >= 4 is 17.8 Å². The molecule has 3 heterocycles. The normalized spacial score (nSPS) is 12.8. The summed E-state index contributed by atoms with van der Waals surface area (Å²) in [5, 5.41) is 22.0. The van der Waals surface area contributed by atoms with E-state index in [9.17, 15) is 31.1 Å². The summed E-state index contributed by atoms with van der Waals surface area (Å²) in [7, 11) is 3.30. The lowest BCUT2D eigenvalue weighted by Gasteiger charge is -2.20. The Hall–Kier alpha value is -4.67. The summed E-state index contributed by atoms with van der Waals surface area (Å²) in [5.74, 6) is -4.76. The first-order chi connectivity index (χ1) is 21.1. The summed E-state index contributed by atoms with van der Waals surface area (Å²) in [6, 6.07) is 12.1. The summed E-state index contributed by atoms with van der Waals surface area (Å²) < 4.78 is 73.9. The molecule has 0 fully saturated rings. The molecule has 0 saturated heterocycles. The second-order valence-corrected chi connectivity index (χ2v) is 9.36. The van der Waals surface area contributed by atoms with Crippen LogP contribution < -0.4 is 4.74 Å². The summed E-state index contributed by atoms with van der Waals surface area (Å²) in [5.41, 5.74) is 6.58. The smallest absolute Gasteiger partial charge is 0.481 e. The Morgan fingerprint density at radius 1 is 0.933 bits per heavy atom. The maximum Gasteiger partial charge on any atom is 0.490 e. The Labute approximate surface area is 252 Å². The lowest BCUT2D eigenvalue weighted by atomic mass is 10.0. The van der Waals surface area contributed by atoms with Crippen molar-refractivity contribution < 1.29 is 60.4 Å². The highest BCUT2D eigenvalue weighted by Gasteiger charge is 2.38. The van der Waals surface area contributed by atoms with E-state index in [1.165, 1.54) is 5.56 Å². The number of nitrogens with one attached hydrogen (secondary N) is 1. The molecule has 246 valence electrons. The lowest BCUT2D eigenvalue weighted by Crippen LogP contribution is -2.33. The van der Waals surface area contributed by atoms with Gasteiger partial charge in [0, 0.05) is 62.1 Å². The number of benzene rings is 1. The largest absolute Gasteiger partial charge is 0.490 e. The Kier molecular flexibility index (Phi) is 13.3. The third-order valence-corrected chi connectivity index (χ3v) is 6.20. The number of ether oxygens (including phenoxy) is 2. The van der Waals surface area contributed by atoms with Gasteiger partial charge in [-0.15, -0.1) is 0 Å². The summed E-state index contributed by atoms with van der Waals surface area (Å²) in [6.07, 6.45) is -5.71. The molecule has 1 aromatic carbocycles. The van der Waals surface area contributed by atoms with E-state index in [2.05, 4.69) is 33.4 Å². The van der Waals surface area contributed by atoms with Gasteiger partial charge in [0.1, 0.15) is 0 Å². The number of alkyl halides is 6. The molecule has 0 radical (unpaired) electrons. The minimum absolute atomic E-state index is 0.178. The Balaban J connectivity index is 0.000000421. The highest BCUT2D eigenvalue weighted by molar-refractivity contribution is 5.77. The first-order valence-electron chi connectivity index (χ1n) is 13.1. The highest BCUT2D eigenvalue weighted by Crippen LogP contribution is 2.28. The first-order valence-corrected chi connectivity index (χ1v) is 13.1. The average molecular weight is 649 g/mol. The van der Waals surface area contributed by atoms with Gasteiger partial charge in [0.25, 0.3) is 0 Å². The molecule has 0 bridgehead atoms. The molecule has 1 amide bonds. The van der Waals surface area contributed by atoms with Gasteiger partial charge in [-0.2, -0.15) is 31.4 Å². The van der Waals surface area contributed by atoms with Crippen LogP contribution in [0.25, 0.3) is 11.3 Å². The van der Waals surface area contributed by atoms with Crippen molar-refractivity contribution in [1.29, 1.82) is 0 Å². The topological polar surface area (TPSA) is 155 Å². The Morgan fingerprint density at radius 3 is 2.13 bits per heavy atom. The van der Waals surface area contributed by atoms with Crippen molar-refractivity contribution in [3.63, 3.8) is 0 Å². The van der Waals surface area contributed by atoms with E-state index >= 15 is 0 Å². The molecular weight excluding hydrogens is 618 g/mol. The van der Waals surface area contributed by atoms with Gasteiger partial charge in [-0.05, 0) is 36.1 Å². The van der Waals surface area contributed by atoms with E-state index in [1.54, 1.807) is 20.4 Å². The van der Waals surface area contributed by atoms with E-state index in [0.717, 1.165) is 40.9 Å². The Bertz CT molecular complexity index is 1420. The molecule has 11 nitrogen and oxygen atoms in total. The summed E-state index contributed by atoms with van der Waals surface area (Å²) >= 11 is 0. The third kappa shape index (κ3) is 11.7. The molecule has 0 saturated carbocycles. The fourth-order valence-electron chi connectivity index (χ4n) is 4.07. The molecule has 0 aliphatic carbocycles. The number of rotatable bonds is 7. The number of pyridine rings is 1. The van der Waals surface area contributed by atoms with Gasteiger partial charge >= 0.3 is 24.3 Å². The number of carboxylic acid groups (broad SMARTS) is 2. The zero-order chi connectivity index (χ0) is 33.8. The maximum atomic E-state index is 12.9. The number of fused-ring (bicyclic) bond motifs is 1. The number of hydrogen-bond donors (Lipinski definition) is 3. The van der Waals surface area contributed by atoms with E-state index in [0.29, 0.717) is 38.4 Å². The molecule has 3 aromatic rings. The van der Waals surface area contributed by atoms with Gasteiger partial charge < -0.3 is 24.6 Å². The number of methoxy groups -OCH3 is 2. The molecule has 2 aromatic heterocycles. The van der Waals surface area contributed by atoms with Gasteiger partial charge in [0.2, 0.25) is 11.8 Å². The molecule has 0 unspecified atom stereocenters. The number of carboxylic acids is 2. The van der Waals surface area contributed by atoms with Crippen molar-refractivity contribution in [2.45, 2.75) is 44.6 Å². The van der Waals surface area contributed by atoms with Crippen LogP contribution in [0.4, 0.5) is 26.3 Å². The number of hydrogen-bond acceptors (Lipinski definition) is 7. The molecule has 17 heteroatoms. The van der Waals surface area contributed by atoms with E-state index in [1.807, 2.05) is 23.1 Å². The first kappa shape index (κ1) is 36.5. The SMILES string of the molecule is COCc1cccc(-c2n[nH]c3c2CCN(C(=O)CCc2ccnc(OC)c2)CC3)c1.O=C(O)C(F)(F)F.O=C(O)C(F)(F)F. The van der Waals surface area contributed by atoms with Crippen molar-refractivity contribution in [2.75, 3.05) is 27.3 Å². The fourth-order valence-corrected chi connectivity index (χ4v) is 4.07. The standard InChI is InChI=1S/C24H28N4O3.2C2HF3O2/c1-30-16-18-4-3-5-19(14-18)24-20-9-12-28(13-10-21(20)26-27-24)23(29)7-6-17-8-11-25-22(15-17)31-2;2*3-2(4,5)1(6)7/h3-5,8,11,14-15H,6-7,9-10,12-13,16H2,1-2H3,(H,26,27);2*(H,6,7). The number of amides is 1. The fraction of sp³-hybridized carbons (Fsp3) is 0.393. The number of aromatic amines is 1. The minimum Gasteiger partial charge on any atom is -0.481 e. The number of carbonyl (C=O) groups excluding carboxylic acids is 1. The van der Waals surface area contributed by atoms with Crippen molar-refractivity contribution in [3.05, 3.63) is 65.0 Å². The van der Waals surface area contributed by atoms with Crippen LogP contribution in [0.5, 0.6) is 5.88 Å². The third-order valence-electron chi connectivity index (χ3n) is 6.20. The monoisotopic (exact) mass is 648 g/mol. The molecule has 1 aliphatic rings. The molecule has 45 heavy (non-hydrogen) atoms. The predicted octanol–water partition coefficient (Wildman–Crippen LogP) is 4.45. The van der Waals surface area contributed by atoms with E-state index in [4.69, 9.17) is 29.3 Å². The van der Waals surface area contributed by atoms with Crippen molar-refractivity contribution in [1.82, 2.24) is 20.1 Å². The zero-order valence-corrected chi connectivity index (χ0v) is 24.0. The van der Waals surface area contributed by atoms with Crippen molar-refractivity contribution in [2.24, 2.45) is 0 Å². The van der Waals surface area contributed by atoms with Crippen LogP contribution in [0.15, 0.2) is 42.6 Å². The van der Waals surface area contributed by atoms with Crippen LogP contribution in [0.1, 0.15) is 28.8 Å². The van der Waals surface area contributed by atoms with Gasteiger partial charge in [0.05, 0.1) is 19.4 Å². The summed E-state index contributed by atoms with van der Waals surface area (Å²) in [6.45, 7) is 1.98. The molecule has 0 spiro atoms. The second kappa shape index (κ2) is 16.4. The molecular formula is C28H30F6N4O7. The van der Waals surface area contributed by atoms with Crippen LogP contribution in [0, 0.1) is 0 Å². The molecule has 0 atom stereocenters. The minimum atomic E-state index is -5.08. The number of aromatic nitrogens is 3. The number of halogens is 6. The van der Waals surface area contributed by atoms with Crippen molar-refractivity contribution in [3.8, 4) is 17.1 Å². The van der Waals surface area contributed by atoms with Gasteiger partial charge in [0.15, 0.2) is 0 Å². The number of aryl methyl sites for hydroxylation is 1. The number of carbonyl (C=O) groups is 3. The number of nitrogens with zero attached hydrogens (tertiary/aromatic N) is 3. The molecule has 4 rings (SSSR count). The number of aliphatic carboxylic acids is 2. The van der Waals surface area contributed by atoms with Crippen LogP contribution in [0.3, 0.4) is 0 Å². The van der Waals surface area contributed by atoms with Gasteiger partial charge in [-0.3, -0.25) is 9.89 Å². The van der Waals surface area contributed by atoms with E-state index in [-0.39, 0.29) is 5.91 Å².